The number of hydrogen-bond donors (Lipinski definition) is 0. The van der Waals surface area contributed by atoms with Gasteiger partial charge in [0.2, 0.25) is 8.32 Å². The van der Waals surface area contributed by atoms with Crippen LogP contribution >= 0.6 is 7.60 Å². The number of hydrogen-bond acceptors (Lipinski definition) is 10. The highest BCUT2D eigenvalue weighted by molar-refractivity contribution is 7.54. The van der Waals surface area contributed by atoms with Gasteiger partial charge in [-0.1, -0.05) is 67.9 Å². The van der Waals surface area contributed by atoms with Crippen molar-refractivity contribution < 1.29 is 46.0 Å². The number of ether oxygens (including phenoxy) is 1. The molecule has 1 aromatic rings. The minimum atomic E-state index is -3.58. The predicted octanol–water partition coefficient (Wildman–Crippen LogP) is 9.56. The highest BCUT2D eigenvalue weighted by Gasteiger charge is 2.54. The smallest absolute Gasteiger partial charge is 0.341 e. The van der Waals surface area contributed by atoms with Gasteiger partial charge in [-0.3, -0.25) is 9.36 Å². The van der Waals surface area contributed by atoms with Crippen LogP contribution in [0.4, 0.5) is 0 Å². The summed E-state index contributed by atoms with van der Waals surface area (Å²) < 4.78 is 48.1. The number of carbonyl (C=O) groups is 3. The normalized spacial score (nSPS) is 20.1. The van der Waals surface area contributed by atoms with Crippen molar-refractivity contribution in [3.8, 4) is 0 Å². The molecule has 0 saturated heterocycles. The minimum Gasteiger partial charge on any atom is -0.465 e. The van der Waals surface area contributed by atoms with Crippen molar-refractivity contribution in [2.45, 2.75) is 141 Å². The Morgan fingerprint density at radius 2 is 1.57 bits per heavy atom. The van der Waals surface area contributed by atoms with Gasteiger partial charge >= 0.3 is 13.6 Å². The van der Waals surface area contributed by atoms with Crippen molar-refractivity contribution in [1.29, 1.82) is 0 Å². The third-order valence-electron chi connectivity index (χ3n) is 10.8. The Morgan fingerprint density at radius 1 is 1.02 bits per heavy atom. The zero-order valence-electron chi connectivity index (χ0n) is 32.6. The van der Waals surface area contributed by atoms with Crippen LogP contribution in [-0.4, -0.2) is 74.4 Å². The molecule has 0 spiro atoms. The van der Waals surface area contributed by atoms with Crippen LogP contribution in [0.1, 0.15) is 116 Å². The SMILES string of the molecule is COC(=O)c1cc(/C=C(\C)C[C@@H](C=O)O[Si](C)(C)C(C)(C)C)oc1[C@H]1C[C@H](O[Si](C(C)C)(C(C)C)C(C)C)[C@@H]1CC(=O)CP(=O)(OC)OC. The summed E-state index contributed by atoms with van der Waals surface area (Å²) >= 11 is 0. The van der Waals surface area contributed by atoms with E-state index < -0.39 is 36.3 Å². The molecule has 0 N–H and O–H groups in total. The van der Waals surface area contributed by atoms with Gasteiger partial charge < -0.3 is 31.8 Å². The third-order valence-corrected chi connectivity index (χ3v) is 23.3. The first kappa shape index (κ1) is 43.5. The average molecular weight is 743 g/mol. The quantitative estimate of drug-likeness (QED) is 0.0585. The van der Waals surface area contributed by atoms with Gasteiger partial charge in [-0.25, -0.2) is 4.79 Å². The van der Waals surface area contributed by atoms with Crippen LogP contribution in [-0.2, 0) is 36.8 Å². The van der Waals surface area contributed by atoms with E-state index in [9.17, 15) is 18.9 Å². The molecule has 0 unspecified atom stereocenters. The summed E-state index contributed by atoms with van der Waals surface area (Å²) in [7, 11) is -4.25. The fraction of sp³-hybridized carbons (Fsp3) is 0.750. The lowest BCUT2D eigenvalue weighted by Crippen LogP contribution is -2.55. The maximum Gasteiger partial charge on any atom is 0.341 e. The molecule has 1 aliphatic rings. The Balaban J connectivity index is 2.54. The van der Waals surface area contributed by atoms with E-state index in [0.717, 1.165) is 11.9 Å². The van der Waals surface area contributed by atoms with Crippen LogP contribution in [0.15, 0.2) is 16.1 Å². The number of methoxy groups -OCH3 is 1. The summed E-state index contributed by atoms with van der Waals surface area (Å²) in [4.78, 5) is 38.6. The van der Waals surface area contributed by atoms with Gasteiger partial charge in [-0.15, -0.1) is 0 Å². The molecule has 4 atom stereocenters. The van der Waals surface area contributed by atoms with E-state index in [0.29, 0.717) is 41.0 Å². The highest BCUT2D eigenvalue weighted by atomic mass is 31.2. The maximum absolute atomic E-state index is 13.4. The van der Waals surface area contributed by atoms with E-state index in [2.05, 4.69) is 75.4 Å². The molecule has 280 valence electrons. The fourth-order valence-electron chi connectivity index (χ4n) is 7.12. The van der Waals surface area contributed by atoms with Gasteiger partial charge in [0.25, 0.3) is 0 Å². The van der Waals surface area contributed by atoms with E-state index in [-0.39, 0.29) is 46.9 Å². The molecule has 0 aromatic carbocycles. The Kier molecular flexibility index (Phi) is 15.3. The molecule has 0 aliphatic heterocycles. The van der Waals surface area contributed by atoms with Crippen LogP contribution < -0.4 is 0 Å². The second-order valence-corrected chi connectivity index (χ2v) is 28.5. The van der Waals surface area contributed by atoms with Gasteiger partial charge in [0.1, 0.15) is 41.4 Å². The summed E-state index contributed by atoms with van der Waals surface area (Å²) in [6.45, 7) is 25.8. The summed E-state index contributed by atoms with van der Waals surface area (Å²) in [5.41, 5.74) is 2.12. The molecule has 13 heteroatoms. The Bertz CT molecular complexity index is 1340. The molecular formula is C36H63O10PSi2. The molecule has 1 saturated carbocycles. The van der Waals surface area contributed by atoms with Crippen LogP contribution in [0.3, 0.4) is 0 Å². The number of furan rings is 1. The van der Waals surface area contributed by atoms with E-state index in [1.807, 2.05) is 13.0 Å². The molecule has 0 bridgehead atoms. The molecule has 0 amide bonds. The first-order valence-corrected chi connectivity index (χ1v) is 24.2. The zero-order valence-corrected chi connectivity index (χ0v) is 35.5. The van der Waals surface area contributed by atoms with Gasteiger partial charge in [-0.2, -0.15) is 0 Å². The first-order chi connectivity index (χ1) is 22.5. The Hall–Kier alpha value is -1.67. The second kappa shape index (κ2) is 17.2. The van der Waals surface area contributed by atoms with E-state index in [1.54, 1.807) is 6.07 Å². The second-order valence-electron chi connectivity index (χ2n) is 16.0. The molecule has 1 aliphatic carbocycles. The summed E-state index contributed by atoms with van der Waals surface area (Å²) in [6, 6.07) is 1.65. The zero-order chi connectivity index (χ0) is 37.7. The standard InChI is InChI=1S/C36H63O10PSi2/c1-23(2)49(24(3)4,25(5)6)46-33-20-31(30(33)18-27(38)22-47(40,42-12)43-13)34-32(35(39)41-11)19-28(44-34)16-26(7)17-29(21-37)45-48(14,15)36(8,9)10/h16,19,21,23-25,29-31,33H,17-18,20,22H2,1-15H3/b26-16+/t29-,30+,31-,33-/m0/s1. The molecule has 10 nitrogen and oxygen atoms in total. The van der Waals surface area contributed by atoms with Crippen molar-refractivity contribution in [2.75, 3.05) is 27.5 Å². The average Bonchev–Trinajstić information content (AvgIpc) is 3.39. The van der Waals surface area contributed by atoms with Crippen LogP contribution in [0.5, 0.6) is 0 Å². The fourth-order valence-corrected chi connectivity index (χ4v) is 15.0. The summed E-state index contributed by atoms with van der Waals surface area (Å²) in [5.74, 6) is -0.597. The molecule has 1 fully saturated rings. The van der Waals surface area contributed by atoms with Crippen molar-refractivity contribution >= 4 is 48.3 Å². The molecule has 0 radical (unpaired) electrons. The van der Waals surface area contributed by atoms with Gasteiger partial charge in [0.15, 0.2) is 8.32 Å². The third kappa shape index (κ3) is 10.2. The maximum atomic E-state index is 13.4. The topological polar surface area (TPSA) is 128 Å². The first-order valence-electron chi connectivity index (χ1n) is 17.4. The van der Waals surface area contributed by atoms with Gasteiger partial charge in [-0.05, 0) is 60.2 Å². The largest absolute Gasteiger partial charge is 0.465 e. The van der Waals surface area contributed by atoms with E-state index >= 15 is 0 Å². The summed E-state index contributed by atoms with van der Waals surface area (Å²) in [5, 5.41) is -0.0504. The molecular weight excluding hydrogens is 680 g/mol. The van der Waals surface area contributed by atoms with E-state index in [1.165, 1.54) is 21.3 Å². The predicted molar refractivity (Wildman–Crippen MR) is 199 cm³/mol. The van der Waals surface area contributed by atoms with Crippen LogP contribution in [0.25, 0.3) is 6.08 Å². The molecule has 1 aromatic heterocycles. The molecule has 49 heavy (non-hydrogen) atoms. The number of rotatable bonds is 19. The van der Waals surface area contributed by atoms with Gasteiger partial charge in [0, 0.05) is 45.0 Å². The van der Waals surface area contributed by atoms with E-state index in [4.69, 9.17) is 27.1 Å². The Labute approximate surface area is 297 Å². The molecule has 1 heterocycles. The monoisotopic (exact) mass is 742 g/mol. The van der Waals surface area contributed by atoms with Crippen LogP contribution in [0, 0.1) is 5.92 Å². The summed E-state index contributed by atoms with van der Waals surface area (Å²) in [6.07, 6.45) is 2.43. The lowest BCUT2D eigenvalue weighted by Gasteiger charge is -2.52. The van der Waals surface area contributed by atoms with Gasteiger partial charge in [0.05, 0.1) is 7.11 Å². The lowest BCUT2D eigenvalue weighted by atomic mass is 9.67. The molecule has 2 rings (SSSR count). The highest BCUT2D eigenvalue weighted by Crippen LogP contribution is 2.54. The number of Topliss-reactive ketones (excluding diaryl/α,β-unsaturated/α-hetero) is 1. The van der Waals surface area contributed by atoms with Crippen LogP contribution in [0.2, 0.25) is 34.8 Å². The number of esters is 1. The number of aldehydes is 1. The van der Waals surface area contributed by atoms with Crippen molar-refractivity contribution in [1.82, 2.24) is 0 Å². The minimum absolute atomic E-state index is 0.0504. The Morgan fingerprint density at radius 3 is 2.02 bits per heavy atom. The lowest BCUT2D eigenvalue weighted by molar-refractivity contribution is -0.121. The van der Waals surface area contributed by atoms with Crippen molar-refractivity contribution in [2.24, 2.45) is 5.92 Å². The van der Waals surface area contributed by atoms with Crippen molar-refractivity contribution in [3.63, 3.8) is 0 Å². The number of ketones is 1. The number of carbonyl (C=O) groups excluding carboxylic acids is 3. The van der Waals surface area contributed by atoms with Crippen molar-refractivity contribution in [3.05, 3.63) is 28.7 Å².